The summed E-state index contributed by atoms with van der Waals surface area (Å²) < 4.78 is 16.8. The first kappa shape index (κ1) is 67.5. The summed E-state index contributed by atoms with van der Waals surface area (Å²) in [6.45, 7) is 6.34. The van der Waals surface area contributed by atoms with Gasteiger partial charge in [0, 0.05) is 19.3 Å². The maximum absolute atomic E-state index is 12.8. The molecule has 0 heterocycles. The smallest absolute Gasteiger partial charge is 0.306 e. The van der Waals surface area contributed by atoms with Gasteiger partial charge in [-0.3, -0.25) is 14.4 Å². The first-order valence-corrected chi connectivity index (χ1v) is 29.2. The normalized spacial score (nSPS) is 13.1. The van der Waals surface area contributed by atoms with Crippen LogP contribution >= 0.6 is 0 Å². The van der Waals surface area contributed by atoms with Crippen molar-refractivity contribution < 1.29 is 28.6 Å². The summed E-state index contributed by atoms with van der Waals surface area (Å²) in [5.41, 5.74) is 0. The van der Waals surface area contributed by atoms with E-state index < -0.39 is 6.10 Å². The fourth-order valence-electron chi connectivity index (χ4n) is 7.55. The molecule has 0 spiro atoms. The first-order chi connectivity index (χ1) is 35.5. The number of rotatable bonds is 51. The standard InChI is InChI=1S/C66H106O6/c1-4-7-10-13-16-19-22-25-28-29-30-31-32-33-34-35-36-37-39-41-44-47-50-53-56-59-65(68)71-62-63(61-70-64(67)58-55-52-49-46-43-40-27-24-21-18-15-12-9-6-3)72-66(69)60-57-54-51-48-45-42-38-26-23-20-17-14-11-8-5-2/h7-8,10-11,16-17,19-20,24-28,30-31,33-34,36-38,45,48,63H,4-6,9,12-15,18,21-23,29,32,35,39-44,46-47,49-62H2,1-3H3/b10-7-,11-8-,19-16-,20-17-,27-24-,28-25-,31-30-,34-33-,37-36-,38-26-,48-45-. The van der Waals surface area contributed by atoms with Gasteiger partial charge in [-0.1, -0.05) is 225 Å². The zero-order chi connectivity index (χ0) is 52.2. The second kappa shape index (κ2) is 59.1. The Hall–Kier alpha value is -4.45. The van der Waals surface area contributed by atoms with Crippen molar-refractivity contribution in [1.29, 1.82) is 0 Å². The molecular weight excluding hydrogens is 889 g/mol. The lowest BCUT2D eigenvalue weighted by atomic mass is 10.1. The highest BCUT2D eigenvalue weighted by atomic mass is 16.6. The second-order valence-corrected chi connectivity index (χ2v) is 18.8. The summed E-state index contributed by atoms with van der Waals surface area (Å²) in [7, 11) is 0. The molecule has 0 saturated heterocycles. The molecule has 0 aromatic carbocycles. The van der Waals surface area contributed by atoms with Gasteiger partial charge in [0.1, 0.15) is 13.2 Å². The minimum Gasteiger partial charge on any atom is -0.462 e. The van der Waals surface area contributed by atoms with E-state index in [1.807, 2.05) is 0 Å². The molecule has 6 heteroatoms. The number of ether oxygens (including phenoxy) is 3. The van der Waals surface area contributed by atoms with E-state index in [4.69, 9.17) is 14.2 Å². The van der Waals surface area contributed by atoms with E-state index in [-0.39, 0.29) is 37.5 Å². The molecule has 0 aliphatic heterocycles. The quantitative estimate of drug-likeness (QED) is 0.0261. The molecule has 0 aliphatic carbocycles. The van der Waals surface area contributed by atoms with E-state index in [1.54, 1.807) is 0 Å². The van der Waals surface area contributed by atoms with Gasteiger partial charge in [0.05, 0.1) is 0 Å². The van der Waals surface area contributed by atoms with Crippen LogP contribution in [0.25, 0.3) is 0 Å². The number of carbonyl (C=O) groups is 3. The highest BCUT2D eigenvalue weighted by Crippen LogP contribution is 2.13. The topological polar surface area (TPSA) is 78.9 Å². The van der Waals surface area contributed by atoms with Crippen LogP contribution in [0, 0.1) is 0 Å². The fourth-order valence-corrected chi connectivity index (χ4v) is 7.55. The molecule has 406 valence electrons. The Balaban J connectivity index is 4.45. The predicted molar refractivity (Wildman–Crippen MR) is 311 cm³/mol. The van der Waals surface area contributed by atoms with Gasteiger partial charge in [-0.15, -0.1) is 0 Å². The average molecular weight is 996 g/mol. The van der Waals surface area contributed by atoms with E-state index in [9.17, 15) is 14.4 Å². The van der Waals surface area contributed by atoms with Crippen molar-refractivity contribution in [3.8, 4) is 0 Å². The zero-order valence-electron chi connectivity index (χ0n) is 46.4. The molecule has 0 aromatic rings. The van der Waals surface area contributed by atoms with Crippen LogP contribution in [0.5, 0.6) is 0 Å². The highest BCUT2D eigenvalue weighted by molar-refractivity contribution is 5.71. The average Bonchev–Trinajstić information content (AvgIpc) is 3.38. The lowest BCUT2D eigenvalue weighted by Crippen LogP contribution is -2.30. The molecule has 1 unspecified atom stereocenters. The predicted octanol–water partition coefficient (Wildman–Crippen LogP) is 19.8. The lowest BCUT2D eigenvalue weighted by Gasteiger charge is -2.18. The summed E-state index contributed by atoms with van der Waals surface area (Å²) in [5.74, 6) is -0.977. The largest absolute Gasteiger partial charge is 0.462 e. The van der Waals surface area contributed by atoms with Gasteiger partial charge in [-0.2, -0.15) is 0 Å². The van der Waals surface area contributed by atoms with Crippen molar-refractivity contribution in [2.75, 3.05) is 13.2 Å². The number of hydrogen-bond donors (Lipinski definition) is 0. The summed E-state index contributed by atoms with van der Waals surface area (Å²) in [6, 6.07) is 0. The Bertz CT molecular complexity index is 1560. The van der Waals surface area contributed by atoms with E-state index in [1.165, 1.54) is 57.8 Å². The van der Waals surface area contributed by atoms with Gasteiger partial charge in [0.25, 0.3) is 0 Å². The van der Waals surface area contributed by atoms with Gasteiger partial charge in [-0.25, -0.2) is 0 Å². The van der Waals surface area contributed by atoms with Crippen molar-refractivity contribution in [2.45, 2.75) is 252 Å². The Kier molecular flexibility index (Phi) is 55.5. The summed E-state index contributed by atoms with van der Waals surface area (Å²) in [6.07, 6.45) is 83.0. The highest BCUT2D eigenvalue weighted by Gasteiger charge is 2.19. The molecule has 0 fully saturated rings. The molecular formula is C66H106O6. The van der Waals surface area contributed by atoms with E-state index in [2.05, 4.69) is 154 Å². The molecule has 0 radical (unpaired) electrons. The molecule has 0 aromatic heterocycles. The van der Waals surface area contributed by atoms with Crippen molar-refractivity contribution in [2.24, 2.45) is 0 Å². The van der Waals surface area contributed by atoms with Gasteiger partial charge >= 0.3 is 17.9 Å². The van der Waals surface area contributed by atoms with E-state index >= 15 is 0 Å². The first-order valence-electron chi connectivity index (χ1n) is 29.2. The molecule has 72 heavy (non-hydrogen) atoms. The van der Waals surface area contributed by atoms with Gasteiger partial charge in [-0.05, 0) is 135 Å². The maximum Gasteiger partial charge on any atom is 0.306 e. The molecule has 0 rings (SSSR count). The maximum atomic E-state index is 12.8. The van der Waals surface area contributed by atoms with Crippen LogP contribution in [0.1, 0.15) is 245 Å². The Morgan fingerprint density at radius 3 is 0.889 bits per heavy atom. The summed E-state index contributed by atoms with van der Waals surface area (Å²) in [5, 5.41) is 0. The monoisotopic (exact) mass is 995 g/mol. The number of carbonyl (C=O) groups excluding carboxylic acids is 3. The number of allylic oxidation sites excluding steroid dienone is 22. The van der Waals surface area contributed by atoms with Crippen LogP contribution in [0.3, 0.4) is 0 Å². The molecule has 0 N–H and O–H groups in total. The van der Waals surface area contributed by atoms with Crippen LogP contribution in [-0.4, -0.2) is 37.2 Å². The van der Waals surface area contributed by atoms with E-state index in [0.717, 1.165) is 141 Å². The Morgan fingerprint density at radius 2 is 0.542 bits per heavy atom. The minimum atomic E-state index is -0.815. The van der Waals surface area contributed by atoms with E-state index in [0.29, 0.717) is 19.3 Å². The van der Waals surface area contributed by atoms with Crippen LogP contribution in [0.4, 0.5) is 0 Å². The van der Waals surface area contributed by atoms with Crippen LogP contribution in [-0.2, 0) is 28.6 Å². The number of esters is 3. The molecule has 0 amide bonds. The zero-order valence-corrected chi connectivity index (χ0v) is 46.4. The molecule has 0 bridgehead atoms. The van der Waals surface area contributed by atoms with Gasteiger partial charge < -0.3 is 14.2 Å². The minimum absolute atomic E-state index is 0.108. The van der Waals surface area contributed by atoms with Crippen molar-refractivity contribution in [3.05, 3.63) is 134 Å². The van der Waals surface area contributed by atoms with Crippen molar-refractivity contribution in [3.63, 3.8) is 0 Å². The molecule has 0 aliphatic rings. The van der Waals surface area contributed by atoms with Crippen molar-refractivity contribution >= 4 is 17.9 Å². The van der Waals surface area contributed by atoms with Gasteiger partial charge in [0.2, 0.25) is 0 Å². The second-order valence-electron chi connectivity index (χ2n) is 18.8. The SMILES string of the molecule is CC/C=C\C/C=C\C/C=C\C/C=C\C/C=C\C/C=C\CCCCCCCCC(=O)OCC(COC(=O)CCCCCCC/C=C\CCCCCCC)OC(=O)CCCC/C=C\C/C=C\C/C=C\C/C=C\CC. The number of unbranched alkanes of at least 4 members (excludes halogenated alkanes) is 18. The van der Waals surface area contributed by atoms with Crippen molar-refractivity contribution in [1.82, 2.24) is 0 Å². The lowest BCUT2D eigenvalue weighted by molar-refractivity contribution is -0.167. The summed E-state index contributed by atoms with van der Waals surface area (Å²) >= 11 is 0. The molecule has 0 saturated carbocycles. The fraction of sp³-hybridized carbons (Fsp3) is 0.621. The Morgan fingerprint density at radius 1 is 0.292 bits per heavy atom. The Labute approximate surface area is 443 Å². The number of hydrogen-bond acceptors (Lipinski definition) is 6. The third kappa shape index (κ3) is 56.5. The van der Waals surface area contributed by atoms with Crippen LogP contribution < -0.4 is 0 Å². The van der Waals surface area contributed by atoms with Crippen LogP contribution in [0.15, 0.2) is 134 Å². The summed E-state index contributed by atoms with van der Waals surface area (Å²) in [4.78, 5) is 38.2. The molecule has 6 nitrogen and oxygen atoms in total. The third-order valence-corrected chi connectivity index (χ3v) is 11.9. The van der Waals surface area contributed by atoms with Crippen LogP contribution in [0.2, 0.25) is 0 Å². The van der Waals surface area contributed by atoms with Gasteiger partial charge in [0.15, 0.2) is 6.10 Å². The third-order valence-electron chi connectivity index (χ3n) is 11.9. The molecule has 1 atom stereocenters.